The average Bonchev–Trinajstić information content (AvgIpc) is 3.00. The first-order valence-corrected chi connectivity index (χ1v) is 15.5. The van der Waals surface area contributed by atoms with Crippen LogP contribution in [-0.2, 0) is 22.6 Å². The number of hydrogen-bond donors (Lipinski definition) is 1. The molecule has 42 heavy (non-hydrogen) atoms. The number of hydrogen-bond acceptors (Lipinski definition) is 4. The molecule has 1 aliphatic carbocycles. The molecular formula is C37H42FNO3. The van der Waals surface area contributed by atoms with Gasteiger partial charge in [-0.25, -0.2) is 4.39 Å². The van der Waals surface area contributed by atoms with Crippen LogP contribution in [0.25, 0.3) is 10.8 Å². The van der Waals surface area contributed by atoms with E-state index in [1.54, 1.807) is 12.1 Å². The molecule has 4 aromatic carbocycles. The summed E-state index contributed by atoms with van der Waals surface area (Å²) in [6.45, 7) is 5.97. The summed E-state index contributed by atoms with van der Waals surface area (Å²) in [4.78, 5) is 0. The zero-order valence-electron chi connectivity index (χ0n) is 24.8. The number of nitrogens with one attached hydrogen (secondary N) is 1. The third-order valence-corrected chi connectivity index (χ3v) is 8.85. The summed E-state index contributed by atoms with van der Waals surface area (Å²) in [6.07, 6.45) is 7.15. The van der Waals surface area contributed by atoms with Gasteiger partial charge in [-0.1, -0.05) is 80.6 Å². The Labute approximate surface area is 249 Å². The smallest absolute Gasteiger partial charge is 0.132 e. The Bertz CT molecular complexity index is 1480. The fraction of sp³-hybridized carbons (Fsp3) is 0.405. The quantitative estimate of drug-likeness (QED) is 0.207. The topological polar surface area (TPSA) is 39.7 Å². The second-order valence-corrected chi connectivity index (χ2v) is 12.4. The molecule has 1 N–H and O–H groups in total. The van der Waals surface area contributed by atoms with Gasteiger partial charge in [0.25, 0.3) is 0 Å². The highest BCUT2D eigenvalue weighted by Crippen LogP contribution is 2.45. The third kappa shape index (κ3) is 6.79. The number of benzene rings is 4. The van der Waals surface area contributed by atoms with E-state index in [0.717, 1.165) is 40.5 Å². The number of rotatable bonds is 10. The second-order valence-electron chi connectivity index (χ2n) is 12.4. The van der Waals surface area contributed by atoms with Crippen molar-refractivity contribution in [3.8, 4) is 5.75 Å². The van der Waals surface area contributed by atoms with E-state index < -0.39 is 5.60 Å². The van der Waals surface area contributed by atoms with Gasteiger partial charge in [0.1, 0.15) is 29.4 Å². The summed E-state index contributed by atoms with van der Waals surface area (Å²) in [5.74, 6) is 1.35. The minimum Gasteiger partial charge on any atom is -0.485 e. The molecule has 1 heterocycles. The van der Waals surface area contributed by atoms with E-state index in [1.807, 2.05) is 12.1 Å². The number of fused-ring (bicyclic) bond motifs is 2. The Kier molecular flexibility index (Phi) is 8.78. The fourth-order valence-electron chi connectivity index (χ4n) is 6.47. The van der Waals surface area contributed by atoms with Crippen molar-refractivity contribution in [2.24, 2.45) is 5.92 Å². The lowest BCUT2D eigenvalue weighted by atomic mass is 9.86. The van der Waals surface area contributed by atoms with Gasteiger partial charge in [0, 0.05) is 24.4 Å². The van der Waals surface area contributed by atoms with Crippen LogP contribution in [0, 0.1) is 11.7 Å². The third-order valence-electron chi connectivity index (χ3n) is 8.85. The first kappa shape index (κ1) is 28.7. The van der Waals surface area contributed by atoms with Crippen molar-refractivity contribution < 1.29 is 18.6 Å². The molecule has 2 unspecified atom stereocenters. The Balaban J connectivity index is 1.23. The first-order valence-electron chi connectivity index (χ1n) is 15.5. The lowest BCUT2D eigenvalue weighted by Crippen LogP contribution is -2.51. The summed E-state index contributed by atoms with van der Waals surface area (Å²) < 4.78 is 33.5. The Morgan fingerprint density at radius 3 is 2.40 bits per heavy atom. The predicted octanol–water partition coefficient (Wildman–Crippen LogP) is 9.38. The van der Waals surface area contributed by atoms with Crippen molar-refractivity contribution in [1.29, 1.82) is 0 Å². The highest BCUT2D eigenvalue weighted by molar-refractivity contribution is 5.82. The molecule has 4 nitrogen and oxygen atoms in total. The van der Waals surface area contributed by atoms with Gasteiger partial charge >= 0.3 is 0 Å². The van der Waals surface area contributed by atoms with Crippen LogP contribution in [0.5, 0.6) is 5.75 Å². The molecule has 2 aliphatic rings. The van der Waals surface area contributed by atoms with Crippen LogP contribution in [0.3, 0.4) is 0 Å². The highest BCUT2D eigenvalue weighted by atomic mass is 19.1. The summed E-state index contributed by atoms with van der Waals surface area (Å²) in [7, 11) is 0. The number of halogens is 1. The summed E-state index contributed by atoms with van der Waals surface area (Å²) in [5, 5.41) is 5.93. The maximum absolute atomic E-state index is 13.4. The predicted molar refractivity (Wildman–Crippen MR) is 167 cm³/mol. The number of ether oxygens (including phenoxy) is 3. The maximum atomic E-state index is 13.4. The Morgan fingerprint density at radius 1 is 0.833 bits per heavy atom. The molecule has 6 rings (SSSR count). The van der Waals surface area contributed by atoms with Crippen molar-refractivity contribution in [1.82, 2.24) is 0 Å². The first-order chi connectivity index (χ1) is 20.4. The van der Waals surface area contributed by atoms with Crippen LogP contribution in [0.2, 0.25) is 0 Å². The summed E-state index contributed by atoms with van der Waals surface area (Å²) >= 11 is 0. The molecule has 220 valence electrons. The van der Waals surface area contributed by atoms with Crippen molar-refractivity contribution in [3.63, 3.8) is 0 Å². The van der Waals surface area contributed by atoms with Gasteiger partial charge in [-0.15, -0.1) is 0 Å². The fourth-order valence-corrected chi connectivity index (χ4v) is 6.47. The van der Waals surface area contributed by atoms with E-state index >= 15 is 0 Å². The van der Waals surface area contributed by atoms with Crippen LogP contribution >= 0.6 is 0 Å². The molecule has 1 fully saturated rings. The van der Waals surface area contributed by atoms with E-state index in [0.29, 0.717) is 19.8 Å². The van der Waals surface area contributed by atoms with Gasteiger partial charge in [0.2, 0.25) is 0 Å². The van der Waals surface area contributed by atoms with Crippen molar-refractivity contribution >= 4 is 16.5 Å². The van der Waals surface area contributed by atoms with Crippen molar-refractivity contribution in [2.45, 2.75) is 83.3 Å². The largest absolute Gasteiger partial charge is 0.485 e. The molecule has 5 heteroatoms. The SMILES string of the molecule is CC1(C)Oc2ccc(NCc3ccc(F)cc3)cc2C(OCCC2CCCCC2)C1OCc1ccc2ccccc2c1. The van der Waals surface area contributed by atoms with E-state index in [9.17, 15) is 4.39 Å². The molecular weight excluding hydrogens is 525 g/mol. The van der Waals surface area contributed by atoms with E-state index in [2.05, 4.69) is 67.7 Å². The number of anilines is 1. The van der Waals surface area contributed by atoms with Crippen molar-refractivity contribution in [3.05, 3.63) is 107 Å². The Hall–Kier alpha value is -3.41. The molecule has 0 spiro atoms. The van der Waals surface area contributed by atoms with Crippen LogP contribution in [0.15, 0.2) is 84.9 Å². The maximum Gasteiger partial charge on any atom is 0.132 e. The average molecular weight is 568 g/mol. The zero-order valence-corrected chi connectivity index (χ0v) is 24.8. The lowest BCUT2D eigenvalue weighted by Gasteiger charge is -2.44. The van der Waals surface area contributed by atoms with Crippen LogP contribution in [0.4, 0.5) is 10.1 Å². The summed E-state index contributed by atoms with van der Waals surface area (Å²) in [6, 6.07) is 27.7. The van der Waals surface area contributed by atoms with E-state index in [1.165, 1.54) is 55.0 Å². The molecule has 1 saturated carbocycles. The molecule has 0 amide bonds. The molecule has 4 aromatic rings. The van der Waals surface area contributed by atoms with E-state index in [-0.39, 0.29) is 18.0 Å². The standard InChI is InChI=1S/C37H42FNO3/c1-37(2)36(41-25-28-12-15-29-10-6-7-11-30(29)22-28)35(40-21-20-26-8-4-3-5-9-26)33-23-32(18-19-34(33)42-37)39-24-27-13-16-31(38)17-14-27/h6-7,10-19,22-23,26,35-36,39H,3-5,8-9,20-21,24-25H2,1-2H3. The lowest BCUT2D eigenvalue weighted by molar-refractivity contribution is -0.168. The minimum absolute atomic E-state index is 0.227. The minimum atomic E-state index is -0.581. The molecule has 0 radical (unpaired) electrons. The molecule has 0 aromatic heterocycles. The van der Waals surface area contributed by atoms with Crippen LogP contribution in [0.1, 0.15) is 75.2 Å². The van der Waals surface area contributed by atoms with Gasteiger partial charge in [0.15, 0.2) is 0 Å². The molecule has 2 atom stereocenters. The van der Waals surface area contributed by atoms with Gasteiger partial charge < -0.3 is 19.5 Å². The van der Waals surface area contributed by atoms with Gasteiger partial charge in [-0.3, -0.25) is 0 Å². The molecule has 1 aliphatic heterocycles. The highest BCUT2D eigenvalue weighted by Gasteiger charge is 2.45. The van der Waals surface area contributed by atoms with E-state index in [4.69, 9.17) is 14.2 Å². The zero-order chi connectivity index (χ0) is 28.9. The van der Waals surface area contributed by atoms with Gasteiger partial charge in [-0.2, -0.15) is 0 Å². The van der Waals surface area contributed by atoms with Gasteiger partial charge in [-0.05, 0) is 84.5 Å². The monoisotopic (exact) mass is 567 g/mol. The van der Waals surface area contributed by atoms with Crippen molar-refractivity contribution in [2.75, 3.05) is 11.9 Å². The summed E-state index contributed by atoms with van der Waals surface area (Å²) in [5.41, 5.74) is 3.54. The molecule has 0 bridgehead atoms. The van der Waals surface area contributed by atoms with Crippen LogP contribution < -0.4 is 10.1 Å². The second kappa shape index (κ2) is 12.8. The molecule has 0 saturated heterocycles. The van der Waals surface area contributed by atoms with Gasteiger partial charge in [0.05, 0.1) is 6.61 Å². The normalized spacial score (nSPS) is 20.2. The van der Waals surface area contributed by atoms with Crippen LogP contribution in [-0.4, -0.2) is 18.3 Å². The Morgan fingerprint density at radius 2 is 1.60 bits per heavy atom.